The van der Waals surface area contributed by atoms with Gasteiger partial charge >= 0.3 is 0 Å². The topological polar surface area (TPSA) is 39.6 Å². The first-order valence-corrected chi connectivity index (χ1v) is 7.17. The van der Waals surface area contributed by atoms with Crippen LogP contribution in [0.3, 0.4) is 0 Å². The predicted molar refractivity (Wildman–Crippen MR) is 78.4 cm³/mol. The lowest BCUT2D eigenvalue weighted by molar-refractivity contribution is 0.169. The molecule has 1 aromatic heterocycles. The third kappa shape index (κ3) is 3.45. The van der Waals surface area contributed by atoms with Crippen LogP contribution in [0.2, 0.25) is 0 Å². The zero-order chi connectivity index (χ0) is 13.8. The molecule has 1 aromatic rings. The maximum Gasteiger partial charge on any atom is 0.0957 e. The van der Waals surface area contributed by atoms with Crippen molar-refractivity contribution in [3.63, 3.8) is 0 Å². The fourth-order valence-electron chi connectivity index (χ4n) is 2.60. The lowest BCUT2D eigenvalue weighted by atomic mass is 10.0. The van der Waals surface area contributed by atoms with Gasteiger partial charge in [-0.05, 0) is 45.5 Å². The van der Waals surface area contributed by atoms with Crippen LogP contribution in [-0.4, -0.2) is 48.2 Å². The van der Waals surface area contributed by atoms with E-state index < -0.39 is 6.10 Å². The molecule has 0 spiro atoms. The Hall–Kier alpha value is -1.13. The highest BCUT2D eigenvalue weighted by Gasteiger charge is 2.21. The number of nitrogens with zero attached hydrogens (tertiary/aromatic N) is 3. The number of aliphatic hydroxyl groups excluding tert-OH is 1. The highest BCUT2D eigenvalue weighted by atomic mass is 16.3. The number of hydrogen-bond acceptors (Lipinski definition) is 4. The van der Waals surface area contributed by atoms with Crippen LogP contribution in [0.4, 0.5) is 5.69 Å². The summed E-state index contributed by atoms with van der Waals surface area (Å²) in [6.07, 6.45) is 4.65. The Kier molecular flexibility index (Phi) is 4.77. The Morgan fingerprint density at radius 1 is 1.47 bits per heavy atom. The monoisotopic (exact) mass is 263 g/mol. The minimum absolute atomic E-state index is 0.440. The standard InChI is InChI=1S/C15H25N3O/c1-4-15(19)14-8-7-12(10-16-14)18-9-5-6-13(11-18)17(2)3/h7-8,10,13,15,19H,4-6,9,11H2,1-3H3/t13?,15-/m0/s1. The lowest BCUT2D eigenvalue weighted by Crippen LogP contribution is -2.45. The largest absolute Gasteiger partial charge is 0.387 e. The molecule has 1 unspecified atom stereocenters. The maximum atomic E-state index is 9.76. The number of anilines is 1. The Labute approximate surface area is 116 Å². The number of piperidine rings is 1. The molecule has 0 amide bonds. The molecule has 4 nitrogen and oxygen atoms in total. The van der Waals surface area contributed by atoms with Gasteiger partial charge in [-0.1, -0.05) is 6.92 Å². The van der Waals surface area contributed by atoms with Gasteiger partial charge in [-0.25, -0.2) is 0 Å². The van der Waals surface area contributed by atoms with E-state index in [4.69, 9.17) is 0 Å². The summed E-state index contributed by atoms with van der Waals surface area (Å²) in [5, 5.41) is 9.76. The van der Waals surface area contributed by atoms with Gasteiger partial charge in [0.15, 0.2) is 0 Å². The average molecular weight is 263 g/mol. The van der Waals surface area contributed by atoms with Crippen LogP contribution < -0.4 is 4.90 Å². The van der Waals surface area contributed by atoms with E-state index in [-0.39, 0.29) is 0 Å². The number of hydrogen-bond donors (Lipinski definition) is 1. The predicted octanol–water partition coefficient (Wildman–Crippen LogP) is 2.06. The molecule has 2 heterocycles. The minimum atomic E-state index is -0.440. The van der Waals surface area contributed by atoms with Crippen molar-refractivity contribution in [3.05, 3.63) is 24.0 Å². The van der Waals surface area contributed by atoms with E-state index in [9.17, 15) is 5.11 Å². The van der Waals surface area contributed by atoms with E-state index >= 15 is 0 Å². The van der Waals surface area contributed by atoms with E-state index in [0.717, 1.165) is 18.8 Å². The molecule has 0 bridgehead atoms. The van der Waals surface area contributed by atoms with Gasteiger partial charge in [-0.2, -0.15) is 0 Å². The summed E-state index contributed by atoms with van der Waals surface area (Å²) in [5.74, 6) is 0. The van der Waals surface area contributed by atoms with Crippen molar-refractivity contribution in [2.75, 3.05) is 32.1 Å². The Morgan fingerprint density at radius 3 is 2.84 bits per heavy atom. The van der Waals surface area contributed by atoms with Gasteiger partial charge in [-0.3, -0.25) is 4.98 Å². The fourth-order valence-corrected chi connectivity index (χ4v) is 2.60. The summed E-state index contributed by atoms with van der Waals surface area (Å²) >= 11 is 0. The van der Waals surface area contributed by atoms with Gasteiger partial charge in [0.2, 0.25) is 0 Å². The molecule has 1 aliphatic heterocycles. The Bertz CT molecular complexity index is 391. The van der Waals surface area contributed by atoms with E-state index in [2.05, 4.69) is 34.9 Å². The van der Waals surface area contributed by atoms with Crippen LogP contribution in [0.25, 0.3) is 0 Å². The molecule has 1 N–H and O–H groups in total. The van der Waals surface area contributed by atoms with E-state index in [1.165, 1.54) is 18.5 Å². The third-order valence-corrected chi connectivity index (χ3v) is 3.99. The van der Waals surface area contributed by atoms with Crippen LogP contribution in [0, 0.1) is 0 Å². The lowest BCUT2D eigenvalue weighted by Gasteiger charge is -2.37. The normalized spacial score (nSPS) is 21.7. The first-order chi connectivity index (χ1) is 9.11. The van der Waals surface area contributed by atoms with Crippen molar-refractivity contribution in [3.8, 4) is 0 Å². The van der Waals surface area contributed by atoms with Crippen LogP contribution in [0.1, 0.15) is 38.0 Å². The van der Waals surface area contributed by atoms with Crippen molar-refractivity contribution >= 4 is 5.69 Å². The molecule has 1 fully saturated rings. The summed E-state index contributed by atoms with van der Waals surface area (Å²) < 4.78 is 0. The molecule has 106 valence electrons. The number of aromatic nitrogens is 1. The van der Waals surface area contributed by atoms with Gasteiger partial charge in [0.1, 0.15) is 0 Å². The molecule has 2 atom stereocenters. The van der Waals surface area contributed by atoms with Gasteiger partial charge in [0.05, 0.1) is 23.7 Å². The van der Waals surface area contributed by atoms with Crippen molar-refractivity contribution in [2.24, 2.45) is 0 Å². The van der Waals surface area contributed by atoms with Crippen LogP contribution in [0.15, 0.2) is 18.3 Å². The smallest absolute Gasteiger partial charge is 0.0957 e. The molecular formula is C15H25N3O. The SMILES string of the molecule is CC[C@H](O)c1ccc(N2CCCC(N(C)C)C2)cn1. The second kappa shape index (κ2) is 6.35. The van der Waals surface area contributed by atoms with Gasteiger partial charge in [0, 0.05) is 19.1 Å². The van der Waals surface area contributed by atoms with Crippen LogP contribution >= 0.6 is 0 Å². The third-order valence-electron chi connectivity index (χ3n) is 3.99. The van der Waals surface area contributed by atoms with E-state index in [1.54, 1.807) is 0 Å². The molecule has 2 rings (SSSR count). The first-order valence-electron chi connectivity index (χ1n) is 7.17. The molecule has 4 heteroatoms. The Morgan fingerprint density at radius 2 is 2.26 bits per heavy atom. The summed E-state index contributed by atoms with van der Waals surface area (Å²) in [6.45, 7) is 4.12. The number of pyridine rings is 1. The summed E-state index contributed by atoms with van der Waals surface area (Å²) in [4.78, 5) is 9.08. The molecule has 19 heavy (non-hydrogen) atoms. The fraction of sp³-hybridized carbons (Fsp3) is 0.667. The maximum absolute atomic E-state index is 9.76. The van der Waals surface area contributed by atoms with Crippen molar-refractivity contribution in [1.82, 2.24) is 9.88 Å². The second-order valence-electron chi connectivity index (χ2n) is 5.57. The van der Waals surface area contributed by atoms with Crippen LogP contribution in [-0.2, 0) is 0 Å². The summed E-state index contributed by atoms with van der Waals surface area (Å²) in [6, 6.07) is 4.65. The van der Waals surface area contributed by atoms with Crippen molar-refractivity contribution < 1.29 is 5.11 Å². The van der Waals surface area contributed by atoms with Gasteiger partial charge < -0.3 is 14.9 Å². The minimum Gasteiger partial charge on any atom is -0.387 e. The Balaban J connectivity index is 2.05. The molecule has 0 aromatic carbocycles. The molecular weight excluding hydrogens is 238 g/mol. The highest BCUT2D eigenvalue weighted by Crippen LogP contribution is 2.22. The first kappa shape index (κ1) is 14.3. The molecule has 0 saturated carbocycles. The molecule has 0 aliphatic carbocycles. The number of likely N-dealkylation sites (N-methyl/N-ethyl adjacent to an activating group) is 1. The number of aliphatic hydroxyl groups is 1. The average Bonchev–Trinajstić information content (AvgIpc) is 2.46. The number of rotatable bonds is 4. The quantitative estimate of drug-likeness (QED) is 0.902. The molecule has 1 saturated heterocycles. The van der Waals surface area contributed by atoms with Crippen LogP contribution in [0.5, 0.6) is 0 Å². The molecule has 1 aliphatic rings. The van der Waals surface area contributed by atoms with E-state index in [1.807, 2.05) is 19.2 Å². The van der Waals surface area contributed by atoms with Gasteiger partial charge in [0.25, 0.3) is 0 Å². The zero-order valence-corrected chi connectivity index (χ0v) is 12.2. The zero-order valence-electron chi connectivity index (χ0n) is 12.2. The molecule has 0 radical (unpaired) electrons. The van der Waals surface area contributed by atoms with Crippen molar-refractivity contribution in [1.29, 1.82) is 0 Å². The van der Waals surface area contributed by atoms with Crippen molar-refractivity contribution in [2.45, 2.75) is 38.3 Å². The summed E-state index contributed by atoms with van der Waals surface area (Å²) in [5.41, 5.74) is 1.94. The highest BCUT2D eigenvalue weighted by molar-refractivity contribution is 5.45. The van der Waals surface area contributed by atoms with Gasteiger partial charge in [-0.15, -0.1) is 0 Å². The summed E-state index contributed by atoms with van der Waals surface area (Å²) in [7, 11) is 4.29. The second-order valence-corrected chi connectivity index (χ2v) is 5.57. The van der Waals surface area contributed by atoms with E-state index in [0.29, 0.717) is 12.5 Å².